The Balaban J connectivity index is 1.69. The van der Waals surface area contributed by atoms with Crippen LogP contribution in [-0.2, 0) is 9.84 Å². The molecule has 0 atom stereocenters. The number of hydrogen-bond acceptors (Lipinski definition) is 6. The Hall–Kier alpha value is -3.13. The van der Waals surface area contributed by atoms with Crippen molar-refractivity contribution in [1.29, 1.82) is 0 Å². The molecule has 0 bridgehead atoms. The van der Waals surface area contributed by atoms with Gasteiger partial charge in [0.2, 0.25) is 0 Å². The van der Waals surface area contributed by atoms with Gasteiger partial charge in [0, 0.05) is 36.5 Å². The second-order valence-electron chi connectivity index (χ2n) is 6.09. The van der Waals surface area contributed by atoms with Gasteiger partial charge in [0.25, 0.3) is 5.69 Å². The first kappa shape index (κ1) is 18.7. The van der Waals surface area contributed by atoms with Crippen LogP contribution in [0.1, 0.15) is 0 Å². The molecule has 0 spiro atoms. The molecule has 0 aromatic heterocycles. The molecule has 7 nitrogen and oxygen atoms in total. The molecular weight excluding hydrogens is 366 g/mol. The maximum atomic E-state index is 11.6. The van der Waals surface area contributed by atoms with E-state index < -0.39 is 14.8 Å². The molecule has 0 radical (unpaired) electrons. The molecule has 3 rings (SSSR count). The zero-order valence-corrected chi connectivity index (χ0v) is 15.5. The van der Waals surface area contributed by atoms with E-state index in [1.54, 1.807) is 0 Å². The van der Waals surface area contributed by atoms with Gasteiger partial charge in [-0.25, -0.2) is 8.42 Å². The van der Waals surface area contributed by atoms with Crippen LogP contribution in [0.25, 0.3) is 10.8 Å². The fourth-order valence-corrected chi connectivity index (χ4v) is 3.46. The van der Waals surface area contributed by atoms with Gasteiger partial charge in [0.05, 0.1) is 9.82 Å². The van der Waals surface area contributed by atoms with E-state index in [9.17, 15) is 18.5 Å². The summed E-state index contributed by atoms with van der Waals surface area (Å²) >= 11 is 0. The summed E-state index contributed by atoms with van der Waals surface area (Å²) in [6, 6.07) is 17.9. The van der Waals surface area contributed by atoms with E-state index in [-0.39, 0.29) is 16.3 Å². The molecule has 0 saturated carbocycles. The minimum Gasteiger partial charge on any atom is -0.383 e. The van der Waals surface area contributed by atoms with Crippen molar-refractivity contribution in [2.45, 2.75) is 4.90 Å². The SMILES string of the molecule is CS(=O)(=O)c1ccc(NCCNc2cccc3ccccc23)c([N+](=O)[O-])c1. The predicted molar refractivity (Wildman–Crippen MR) is 107 cm³/mol. The Morgan fingerprint density at radius 2 is 1.59 bits per heavy atom. The molecule has 0 fully saturated rings. The van der Waals surface area contributed by atoms with Crippen molar-refractivity contribution in [1.82, 2.24) is 0 Å². The quantitative estimate of drug-likeness (QED) is 0.365. The third kappa shape index (κ3) is 4.35. The number of sulfone groups is 1. The maximum Gasteiger partial charge on any atom is 0.293 e. The summed E-state index contributed by atoms with van der Waals surface area (Å²) in [5.74, 6) is 0. The lowest BCUT2D eigenvalue weighted by Crippen LogP contribution is -2.14. The van der Waals surface area contributed by atoms with Crippen LogP contribution in [0.5, 0.6) is 0 Å². The van der Waals surface area contributed by atoms with Crippen LogP contribution in [0.15, 0.2) is 65.6 Å². The highest BCUT2D eigenvalue weighted by atomic mass is 32.2. The second-order valence-corrected chi connectivity index (χ2v) is 8.10. The topological polar surface area (TPSA) is 101 Å². The van der Waals surface area contributed by atoms with Gasteiger partial charge in [-0.15, -0.1) is 0 Å². The van der Waals surface area contributed by atoms with Crippen LogP contribution in [0, 0.1) is 10.1 Å². The van der Waals surface area contributed by atoms with Crippen molar-refractivity contribution in [3.05, 3.63) is 70.8 Å². The lowest BCUT2D eigenvalue weighted by molar-refractivity contribution is -0.384. The van der Waals surface area contributed by atoms with Crippen LogP contribution >= 0.6 is 0 Å². The normalized spacial score (nSPS) is 11.3. The molecular formula is C19H19N3O4S. The Labute approximate surface area is 157 Å². The number of nitrogens with zero attached hydrogens (tertiary/aromatic N) is 1. The molecule has 140 valence electrons. The van der Waals surface area contributed by atoms with E-state index in [0.29, 0.717) is 13.1 Å². The van der Waals surface area contributed by atoms with Crippen LogP contribution in [0.4, 0.5) is 17.1 Å². The molecule has 0 heterocycles. The van der Waals surface area contributed by atoms with E-state index in [2.05, 4.69) is 10.6 Å². The van der Waals surface area contributed by atoms with Crippen molar-refractivity contribution in [2.75, 3.05) is 30.0 Å². The first-order valence-electron chi connectivity index (χ1n) is 8.30. The zero-order valence-electron chi connectivity index (χ0n) is 14.7. The van der Waals surface area contributed by atoms with E-state index in [1.807, 2.05) is 42.5 Å². The summed E-state index contributed by atoms with van der Waals surface area (Å²) < 4.78 is 23.2. The number of fused-ring (bicyclic) bond motifs is 1. The molecule has 27 heavy (non-hydrogen) atoms. The van der Waals surface area contributed by atoms with Gasteiger partial charge in [0.1, 0.15) is 5.69 Å². The molecule has 3 aromatic carbocycles. The number of nitro groups is 1. The highest BCUT2D eigenvalue weighted by Crippen LogP contribution is 2.27. The molecule has 0 aliphatic carbocycles. The smallest absolute Gasteiger partial charge is 0.293 e. The summed E-state index contributed by atoms with van der Waals surface area (Å²) in [5, 5.41) is 19.8. The van der Waals surface area contributed by atoms with Gasteiger partial charge < -0.3 is 10.6 Å². The summed E-state index contributed by atoms with van der Waals surface area (Å²) in [5.41, 5.74) is 1.01. The van der Waals surface area contributed by atoms with Gasteiger partial charge in [-0.2, -0.15) is 0 Å². The van der Waals surface area contributed by atoms with Crippen molar-refractivity contribution >= 4 is 37.7 Å². The summed E-state index contributed by atoms with van der Waals surface area (Å²) in [6.45, 7) is 0.973. The van der Waals surface area contributed by atoms with Crippen molar-refractivity contribution in [3.8, 4) is 0 Å². The van der Waals surface area contributed by atoms with Crippen LogP contribution in [0.2, 0.25) is 0 Å². The van der Waals surface area contributed by atoms with Crippen LogP contribution in [-0.4, -0.2) is 32.7 Å². The van der Waals surface area contributed by atoms with Gasteiger partial charge in [-0.1, -0.05) is 36.4 Å². The lowest BCUT2D eigenvalue weighted by atomic mass is 10.1. The Morgan fingerprint density at radius 1 is 0.926 bits per heavy atom. The van der Waals surface area contributed by atoms with E-state index in [4.69, 9.17) is 0 Å². The highest BCUT2D eigenvalue weighted by Gasteiger charge is 2.18. The summed E-state index contributed by atoms with van der Waals surface area (Å²) in [7, 11) is -3.50. The van der Waals surface area contributed by atoms with Crippen LogP contribution in [0.3, 0.4) is 0 Å². The van der Waals surface area contributed by atoms with Gasteiger partial charge in [-0.3, -0.25) is 10.1 Å². The van der Waals surface area contributed by atoms with Gasteiger partial charge >= 0.3 is 0 Å². The number of nitro benzene ring substituents is 1. The molecule has 0 saturated heterocycles. The minimum absolute atomic E-state index is 0.0753. The highest BCUT2D eigenvalue weighted by molar-refractivity contribution is 7.90. The average molecular weight is 385 g/mol. The van der Waals surface area contributed by atoms with Gasteiger partial charge in [-0.05, 0) is 23.6 Å². The van der Waals surface area contributed by atoms with E-state index in [1.165, 1.54) is 12.1 Å². The fraction of sp³-hybridized carbons (Fsp3) is 0.158. The zero-order chi connectivity index (χ0) is 19.4. The largest absolute Gasteiger partial charge is 0.383 e. The number of benzene rings is 3. The second kappa shape index (κ2) is 7.63. The van der Waals surface area contributed by atoms with Crippen molar-refractivity contribution in [3.63, 3.8) is 0 Å². The standard InChI is InChI=1S/C19H19N3O4S/c1-27(25,26)15-9-10-18(19(13-15)22(23)24)21-12-11-20-17-8-4-6-14-5-2-3-7-16(14)17/h2-10,13,20-21H,11-12H2,1H3. The first-order chi connectivity index (χ1) is 12.9. The van der Waals surface area contributed by atoms with Crippen LogP contribution < -0.4 is 10.6 Å². The molecule has 0 amide bonds. The number of anilines is 2. The van der Waals surface area contributed by atoms with Crippen molar-refractivity contribution < 1.29 is 13.3 Å². The number of nitrogens with one attached hydrogen (secondary N) is 2. The minimum atomic E-state index is -3.50. The molecule has 3 aromatic rings. The summed E-state index contributed by atoms with van der Waals surface area (Å²) in [6.07, 6.45) is 1.02. The lowest BCUT2D eigenvalue weighted by Gasteiger charge is -2.12. The Kier molecular flexibility index (Phi) is 5.27. The van der Waals surface area contributed by atoms with Gasteiger partial charge in [0.15, 0.2) is 9.84 Å². The number of hydrogen-bond donors (Lipinski definition) is 2. The average Bonchev–Trinajstić information content (AvgIpc) is 2.64. The molecule has 8 heteroatoms. The number of rotatable bonds is 7. The van der Waals surface area contributed by atoms with E-state index in [0.717, 1.165) is 28.8 Å². The summed E-state index contributed by atoms with van der Waals surface area (Å²) in [4.78, 5) is 10.6. The fourth-order valence-electron chi connectivity index (χ4n) is 2.82. The Morgan fingerprint density at radius 3 is 2.30 bits per heavy atom. The third-order valence-corrected chi connectivity index (χ3v) is 5.25. The van der Waals surface area contributed by atoms with E-state index >= 15 is 0 Å². The molecule has 0 aliphatic rings. The molecule has 2 N–H and O–H groups in total. The predicted octanol–water partition coefficient (Wildman–Crippen LogP) is 3.68. The third-order valence-electron chi connectivity index (χ3n) is 4.14. The monoisotopic (exact) mass is 385 g/mol. The molecule has 0 aliphatic heterocycles. The molecule has 0 unspecified atom stereocenters. The maximum absolute atomic E-state index is 11.6. The Bertz CT molecular complexity index is 1090. The first-order valence-corrected chi connectivity index (χ1v) is 10.2. The van der Waals surface area contributed by atoms with Crippen molar-refractivity contribution in [2.24, 2.45) is 0 Å².